The first-order chi connectivity index (χ1) is 16.2. The summed E-state index contributed by atoms with van der Waals surface area (Å²) in [7, 11) is 0. The van der Waals surface area contributed by atoms with E-state index in [1.54, 1.807) is 0 Å². The first-order valence-electron chi connectivity index (χ1n) is 12.6. The molecule has 6 aliphatic heterocycles. The fraction of sp³-hybridized carbons (Fsp3) is 0.920. The van der Waals surface area contributed by atoms with Crippen molar-refractivity contribution < 1.29 is 47.4 Å². The summed E-state index contributed by atoms with van der Waals surface area (Å²) in [5.41, 5.74) is 0. The summed E-state index contributed by atoms with van der Waals surface area (Å²) >= 11 is 0. The van der Waals surface area contributed by atoms with Gasteiger partial charge in [-0.2, -0.15) is 0 Å². The van der Waals surface area contributed by atoms with E-state index >= 15 is 0 Å². The minimum Gasteiger partial charge on any atom is -0.362 e. The van der Waals surface area contributed by atoms with Crippen LogP contribution in [0.2, 0.25) is 0 Å². The fourth-order valence-electron chi connectivity index (χ4n) is 6.01. The van der Waals surface area contributed by atoms with Crippen molar-refractivity contribution in [2.24, 2.45) is 0 Å². The molecule has 0 aromatic heterocycles. The molecule has 10 heteroatoms. The third kappa shape index (κ3) is 4.50. The highest BCUT2D eigenvalue weighted by Crippen LogP contribution is 2.46. The molecule has 0 radical (unpaired) electrons. The van der Waals surface area contributed by atoms with E-state index in [1.807, 2.05) is 67.5 Å². The lowest BCUT2D eigenvalue weighted by Crippen LogP contribution is -2.54. The van der Waals surface area contributed by atoms with Crippen molar-refractivity contribution in [1.29, 1.82) is 0 Å². The van der Waals surface area contributed by atoms with E-state index in [-0.39, 0.29) is 48.8 Å². The smallest absolute Gasteiger partial charge is 0.190 e. The lowest BCUT2D eigenvalue weighted by Gasteiger charge is -2.36. The summed E-state index contributed by atoms with van der Waals surface area (Å²) in [6.45, 7) is 15.6. The standard InChI is InChI=1S/C25H38O10/c1-22(2)26-11-14(29-22)15-18-16(30-23(3,4)32-18)12(27-15)9-10-13-17-19(33-24(5,6)31-17)20-21(28-13)35-25(7,8)34-20/h9-10,12-21H,11H2,1-8H3/t12-,13+,14+,15+,16+,17-,18-,19-,20+,21+/m0/s1. The predicted octanol–water partition coefficient (Wildman–Crippen LogP) is 2.38. The molecule has 6 fully saturated rings. The predicted molar refractivity (Wildman–Crippen MR) is 119 cm³/mol. The molecular weight excluding hydrogens is 460 g/mol. The number of hydrogen-bond donors (Lipinski definition) is 0. The number of fused-ring (bicyclic) bond motifs is 4. The lowest BCUT2D eigenvalue weighted by molar-refractivity contribution is -0.222. The van der Waals surface area contributed by atoms with Gasteiger partial charge in [-0.15, -0.1) is 0 Å². The summed E-state index contributed by atoms with van der Waals surface area (Å²) in [6, 6.07) is 0. The molecule has 10 atom stereocenters. The molecule has 0 amide bonds. The van der Waals surface area contributed by atoms with E-state index < -0.39 is 35.5 Å². The summed E-state index contributed by atoms with van der Waals surface area (Å²) in [6.07, 6.45) is 0.448. The Labute approximate surface area is 206 Å². The lowest BCUT2D eigenvalue weighted by atomic mass is 9.97. The van der Waals surface area contributed by atoms with Crippen molar-refractivity contribution >= 4 is 0 Å². The first kappa shape index (κ1) is 24.7. The molecule has 6 heterocycles. The van der Waals surface area contributed by atoms with E-state index in [9.17, 15) is 0 Å². The third-order valence-corrected chi connectivity index (χ3v) is 7.20. The van der Waals surface area contributed by atoms with Gasteiger partial charge in [0.15, 0.2) is 29.4 Å². The summed E-state index contributed by atoms with van der Waals surface area (Å²) in [5, 5.41) is 0. The Morgan fingerprint density at radius 2 is 0.971 bits per heavy atom. The minimum absolute atomic E-state index is 0.247. The molecule has 0 N–H and O–H groups in total. The van der Waals surface area contributed by atoms with E-state index in [4.69, 9.17) is 47.4 Å². The number of hydrogen-bond acceptors (Lipinski definition) is 10. The quantitative estimate of drug-likeness (QED) is 0.540. The van der Waals surface area contributed by atoms with Gasteiger partial charge in [-0.3, -0.25) is 0 Å². The molecular formula is C25H38O10. The average molecular weight is 499 g/mol. The van der Waals surface area contributed by atoms with E-state index in [2.05, 4.69) is 0 Å². The van der Waals surface area contributed by atoms with Gasteiger partial charge in [-0.05, 0) is 55.4 Å². The zero-order valence-electron chi connectivity index (χ0n) is 21.7. The SMILES string of the molecule is CC1(C)O[C@H]2[C@@H](O1)[C@@H](C=C[C@@H]1O[C@H]([C@H]3COC(C)(C)O3)[C@@H]3OC(C)(C)O[C@@H]31)O[C@@H]1OC(C)(C)O[C@@H]12. The van der Waals surface area contributed by atoms with Gasteiger partial charge in [-0.25, -0.2) is 0 Å². The van der Waals surface area contributed by atoms with Crippen LogP contribution in [0.1, 0.15) is 55.4 Å². The Kier molecular flexibility index (Phi) is 5.58. The van der Waals surface area contributed by atoms with Crippen LogP contribution in [0.3, 0.4) is 0 Å². The van der Waals surface area contributed by atoms with Crippen LogP contribution < -0.4 is 0 Å². The molecule has 0 bridgehead atoms. The number of ether oxygens (including phenoxy) is 10. The van der Waals surface area contributed by atoms with Crippen LogP contribution in [0, 0.1) is 0 Å². The topological polar surface area (TPSA) is 92.3 Å². The maximum Gasteiger partial charge on any atom is 0.190 e. The Bertz CT molecular complexity index is 868. The van der Waals surface area contributed by atoms with E-state index in [1.165, 1.54) is 0 Å². The Morgan fingerprint density at radius 3 is 1.54 bits per heavy atom. The molecule has 6 saturated heterocycles. The van der Waals surface area contributed by atoms with Gasteiger partial charge in [0.25, 0.3) is 0 Å². The van der Waals surface area contributed by atoms with Crippen molar-refractivity contribution in [2.75, 3.05) is 6.61 Å². The zero-order valence-corrected chi connectivity index (χ0v) is 21.7. The van der Waals surface area contributed by atoms with Gasteiger partial charge in [0.1, 0.15) is 54.9 Å². The second-order valence-electron chi connectivity index (χ2n) is 12.0. The van der Waals surface area contributed by atoms with Crippen LogP contribution in [0.4, 0.5) is 0 Å². The van der Waals surface area contributed by atoms with Gasteiger partial charge < -0.3 is 47.4 Å². The zero-order chi connectivity index (χ0) is 25.0. The summed E-state index contributed by atoms with van der Waals surface area (Å²) in [5.74, 6) is -2.89. The van der Waals surface area contributed by atoms with E-state index in [0.29, 0.717) is 6.61 Å². The summed E-state index contributed by atoms with van der Waals surface area (Å²) in [4.78, 5) is 0. The molecule has 0 aromatic carbocycles. The Morgan fingerprint density at radius 1 is 0.486 bits per heavy atom. The Hall–Kier alpha value is -0.660. The summed E-state index contributed by atoms with van der Waals surface area (Å²) < 4.78 is 61.7. The second-order valence-corrected chi connectivity index (χ2v) is 12.0. The molecule has 0 unspecified atom stereocenters. The van der Waals surface area contributed by atoms with Crippen LogP contribution in [0.25, 0.3) is 0 Å². The molecule has 0 aliphatic carbocycles. The Balaban J connectivity index is 1.22. The van der Waals surface area contributed by atoms with Gasteiger partial charge in [-0.1, -0.05) is 12.2 Å². The van der Waals surface area contributed by atoms with Crippen LogP contribution in [0.5, 0.6) is 0 Å². The van der Waals surface area contributed by atoms with Crippen molar-refractivity contribution in [3.05, 3.63) is 12.2 Å². The van der Waals surface area contributed by atoms with Gasteiger partial charge in [0.2, 0.25) is 0 Å². The minimum atomic E-state index is -0.763. The first-order valence-corrected chi connectivity index (χ1v) is 12.6. The van der Waals surface area contributed by atoms with Gasteiger partial charge in [0, 0.05) is 0 Å². The molecule has 6 aliphatic rings. The van der Waals surface area contributed by atoms with Crippen LogP contribution in [-0.4, -0.2) is 91.0 Å². The fourth-order valence-corrected chi connectivity index (χ4v) is 6.01. The van der Waals surface area contributed by atoms with Crippen molar-refractivity contribution in [2.45, 2.75) is 140 Å². The third-order valence-electron chi connectivity index (χ3n) is 7.20. The molecule has 35 heavy (non-hydrogen) atoms. The van der Waals surface area contributed by atoms with E-state index in [0.717, 1.165) is 0 Å². The largest absolute Gasteiger partial charge is 0.362 e. The van der Waals surface area contributed by atoms with Crippen LogP contribution >= 0.6 is 0 Å². The number of rotatable bonds is 3. The normalized spacial score (nSPS) is 51.0. The van der Waals surface area contributed by atoms with Crippen LogP contribution in [-0.2, 0) is 47.4 Å². The molecule has 0 spiro atoms. The monoisotopic (exact) mass is 498 g/mol. The molecule has 10 nitrogen and oxygen atoms in total. The average Bonchev–Trinajstić information content (AvgIpc) is 3.46. The molecule has 6 rings (SSSR count). The molecule has 0 aromatic rings. The van der Waals surface area contributed by atoms with Crippen molar-refractivity contribution in [3.63, 3.8) is 0 Å². The highest BCUT2D eigenvalue weighted by atomic mass is 16.9. The maximum absolute atomic E-state index is 6.44. The van der Waals surface area contributed by atoms with Gasteiger partial charge in [0.05, 0.1) is 6.61 Å². The van der Waals surface area contributed by atoms with Crippen molar-refractivity contribution in [1.82, 2.24) is 0 Å². The molecule has 0 saturated carbocycles. The van der Waals surface area contributed by atoms with Crippen molar-refractivity contribution in [3.8, 4) is 0 Å². The van der Waals surface area contributed by atoms with Crippen LogP contribution in [0.15, 0.2) is 12.2 Å². The highest BCUT2D eigenvalue weighted by molar-refractivity contribution is 5.13. The molecule has 198 valence electrons. The van der Waals surface area contributed by atoms with Gasteiger partial charge >= 0.3 is 0 Å². The highest BCUT2D eigenvalue weighted by Gasteiger charge is 2.61. The maximum atomic E-state index is 6.44. The second kappa shape index (κ2) is 7.92.